The van der Waals surface area contributed by atoms with Crippen LogP contribution in [0.2, 0.25) is 0 Å². The van der Waals surface area contributed by atoms with Crippen molar-refractivity contribution in [3.63, 3.8) is 0 Å². The van der Waals surface area contributed by atoms with E-state index in [2.05, 4.69) is 10.8 Å². The number of hydrogen-bond donors (Lipinski definition) is 0. The zero-order valence-electron chi connectivity index (χ0n) is 24.6. The highest BCUT2D eigenvalue weighted by molar-refractivity contribution is 8.01. The summed E-state index contributed by atoms with van der Waals surface area (Å²) in [4.78, 5) is 52.2. The summed E-state index contributed by atoms with van der Waals surface area (Å²) in [5, 5.41) is -0.947. The Hall–Kier alpha value is -2.76. The van der Waals surface area contributed by atoms with Crippen molar-refractivity contribution in [2.75, 3.05) is 12.3 Å². The van der Waals surface area contributed by atoms with E-state index in [1.165, 1.54) is 32.1 Å². The lowest BCUT2D eigenvalue weighted by atomic mass is 9.77. The quantitative estimate of drug-likeness (QED) is 0.0736. The maximum atomic E-state index is 13.8. The highest BCUT2D eigenvalue weighted by Crippen LogP contribution is 2.35. The molecule has 0 N–H and O–H groups in total. The zero-order chi connectivity index (χ0) is 31.8. The monoisotopic (exact) mass is 643 g/mol. The highest BCUT2D eigenvalue weighted by Gasteiger charge is 2.41. The van der Waals surface area contributed by atoms with Gasteiger partial charge in [-0.2, -0.15) is 8.78 Å². The first-order valence-electron chi connectivity index (χ1n) is 15.5. The largest absolute Gasteiger partial charge is 0.419 e. The van der Waals surface area contributed by atoms with Crippen molar-refractivity contribution in [2.24, 2.45) is 11.8 Å². The molecular formula is C32H38F5NO5S. The number of thioether (sulfide) groups is 1. The first-order valence-corrected chi connectivity index (χ1v) is 16.5. The second-order valence-electron chi connectivity index (χ2n) is 11.9. The van der Waals surface area contributed by atoms with Crippen LogP contribution in [-0.4, -0.2) is 46.0 Å². The molecule has 2 amide bonds. The molecule has 1 atom stereocenters. The molecule has 1 aromatic rings. The van der Waals surface area contributed by atoms with E-state index in [-0.39, 0.29) is 30.6 Å². The number of benzene rings is 1. The standard InChI is InChI=1S/C32H38F5NO5S/c33-25-26(34)28(36)31(29(37)27(25)35)43-24(40)18-44-22-16-23(39)38(32(22)42)17-19-12-14-21(15-13-19)30(41)20-10-8-6-4-2-1-3-5-7-9-11-20/h10,19,21-22H,1-9,11-18H2/b20-10+. The molecule has 12 heteroatoms. The minimum absolute atomic E-state index is 0.0418. The number of ether oxygens (including phenoxy) is 1. The summed E-state index contributed by atoms with van der Waals surface area (Å²) < 4.78 is 71.9. The Balaban J connectivity index is 1.25. The molecule has 1 saturated carbocycles. The third-order valence-corrected chi connectivity index (χ3v) is 9.93. The van der Waals surface area contributed by atoms with Crippen LogP contribution in [0.1, 0.15) is 96.3 Å². The van der Waals surface area contributed by atoms with Gasteiger partial charge in [0.25, 0.3) is 0 Å². The molecule has 1 aliphatic heterocycles. The fourth-order valence-corrected chi connectivity index (χ4v) is 7.14. The first kappa shape index (κ1) is 34.1. The predicted octanol–water partition coefficient (Wildman–Crippen LogP) is 7.36. The molecule has 2 aliphatic carbocycles. The number of hydrogen-bond acceptors (Lipinski definition) is 6. The van der Waals surface area contributed by atoms with E-state index < -0.39 is 63.6 Å². The molecule has 4 rings (SSSR count). The Morgan fingerprint density at radius 2 is 1.36 bits per heavy atom. The summed E-state index contributed by atoms with van der Waals surface area (Å²) in [5.41, 5.74) is 0.956. The van der Waals surface area contributed by atoms with E-state index in [9.17, 15) is 41.1 Å². The van der Waals surface area contributed by atoms with Gasteiger partial charge in [-0.15, -0.1) is 11.8 Å². The molecule has 0 spiro atoms. The van der Waals surface area contributed by atoms with E-state index in [4.69, 9.17) is 0 Å². The van der Waals surface area contributed by atoms with Crippen LogP contribution in [0.4, 0.5) is 22.0 Å². The Bertz CT molecular complexity index is 1250. The fraction of sp³-hybridized carbons (Fsp3) is 0.625. The molecule has 1 saturated heterocycles. The summed E-state index contributed by atoms with van der Waals surface area (Å²) in [7, 11) is 0. The Morgan fingerprint density at radius 1 is 0.795 bits per heavy atom. The van der Waals surface area contributed by atoms with Gasteiger partial charge in [-0.1, -0.05) is 44.6 Å². The van der Waals surface area contributed by atoms with E-state index in [1.54, 1.807) is 0 Å². The van der Waals surface area contributed by atoms with Gasteiger partial charge in [0.15, 0.2) is 5.78 Å². The molecule has 0 bridgehead atoms. The van der Waals surface area contributed by atoms with Crippen molar-refractivity contribution >= 4 is 35.3 Å². The number of halogens is 5. The van der Waals surface area contributed by atoms with Crippen molar-refractivity contribution in [1.29, 1.82) is 0 Å². The van der Waals surface area contributed by atoms with Crippen molar-refractivity contribution in [3.8, 4) is 5.75 Å². The van der Waals surface area contributed by atoms with Crippen LogP contribution in [0, 0.1) is 40.9 Å². The highest BCUT2D eigenvalue weighted by atomic mass is 32.2. The van der Waals surface area contributed by atoms with Gasteiger partial charge < -0.3 is 4.74 Å². The van der Waals surface area contributed by atoms with E-state index >= 15 is 0 Å². The smallest absolute Gasteiger partial charge is 0.321 e. The van der Waals surface area contributed by atoms with E-state index in [0.717, 1.165) is 42.6 Å². The topological polar surface area (TPSA) is 80.8 Å². The lowest BCUT2D eigenvalue weighted by molar-refractivity contribution is -0.139. The van der Waals surface area contributed by atoms with Gasteiger partial charge in [0.2, 0.25) is 46.6 Å². The Labute approximate surface area is 258 Å². The number of rotatable bonds is 8. The van der Waals surface area contributed by atoms with Crippen LogP contribution in [0.3, 0.4) is 0 Å². The Kier molecular flexibility index (Phi) is 12.4. The van der Waals surface area contributed by atoms with Crippen LogP contribution in [0.5, 0.6) is 5.75 Å². The first-order chi connectivity index (χ1) is 21.1. The van der Waals surface area contributed by atoms with Crippen LogP contribution < -0.4 is 4.74 Å². The molecule has 44 heavy (non-hydrogen) atoms. The fourth-order valence-electron chi connectivity index (χ4n) is 6.21. The van der Waals surface area contributed by atoms with E-state index in [0.29, 0.717) is 37.4 Å². The number of amides is 2. The maximum absolute atomic E-state index is 13.8. The molecule has 0 radical (unpaired) electrons. The summed E-state index contributed by atoms with van der Waals surface area (Å²) in [5.74, 6) is -15.9. The number of ketones is 1. The summed E-state index contributed by atoms with van der Waals surface area (Å²) in [6.45, 7) is 0.202. The zero-order valence-corrected chi connectivity index (χ0v) is 25.4. The molecule has 1 aromatic carbocycles. The lowest BCUT2D eigenvalue weighted by Crippen LogP contribution is -2.37. The van der Waals surface area contributed by atoms with E-state index in [1.807, 2.05) is 0 Å². The molecule has 242 valence electrons. The molecule has 3 aliphatic rings. The van der Waals surface area contributed by atoms with Gasteiger partial charge in [0, 0.05) is 18.9 Å². The maximum Gasteiger partial charge on any atom is 0.321 e. The normalized spacial score (nSPS) is 25.2. The predicted molar refractivity (Wildman–Crippen MR) is 154 cm³/mol. The van der Waals surface area contributed by atoms with Crippen molar-refractivity contribution in [3.05, 3.63) is 40.7 Å². The molecule has 6 nitrogen and oxygen atoms in total. The number of likely N-dealkylation sites (tertiary alicyclic amines) is 1. The van der Waals surface area contributed by atoms with Crippen LogP contribution in [0.15, 0.2) is 11.6 Å². The second-order valence-corrected chi connectivity index (χ2v) is 13.1. The van der Waals surface area contributed by atoms with Gasteiger partial charge in [-0.3, -0.25) is 24.1 Å². The van der Waals surface area contributed by atoms with Crippen molar-refractivity contribution in [2.45, 2.75) is 102 Å². The number of esters is 1. The number of nitrogens with zero attached hydrogens (tertiary/aromatic N) is 1. The minimum atomic E-state index is -2.38. The van der Waals surface area contributed by atoms with Gasteiger partial charge in [-0.05, 0) is 62.9 Å². The third kappa shape index (κ3) is 8.48. The molecule has 0 aromatic heterocycles. The third-order valence-electron chi connectivity index (χ3n) is 8.76. The second kappa shape index (κ2) is 16.0. The molecule has 1 unspecified atom stereocenters. The van der Waals surface area contributed by atoms with Gasteiger partial charge in [0.05, 0.1) is 11.0 Å². The van der Waals surface area contributed by atoms with Crippen LogP contribution >= 0.6 is 11.8 Å². The van der Waals surface area contributed by atoms with Crippen LogP contribution in [0.25, 0.3) is 0 Å². The summed E-state index contributed by atoms with van der Waals surface area (Å²) >= 11 is 0.697. The molecule has 2 fully saturated rings. The van der Waals surface area contributed by atoms with Gasteiger partial charge in [-0.25, -0.2) is 13.2 Å². The summed E-state index contributed by atoms with van der Waals surface area (Å²) in [6.07, 6.45) is 16.0. The summed E-state index contributed by atoms with van der Waals surface area (Å²) in [6, 6.07) is 0. The van der Waals surface area contributed by atoms with Crippen molar-refractivity contribution < 1.29 is 45.9 Å². The molecule has 1 heterocycles. The van der Waals surface area contributed by atoms with Crippen LogP contribution in [-0.2, 0) is 19.2 Å². The Morgan fingerprint density at radius 3 is 2.00 bits per heavy atom. The van der Waals surface area contributed by atoms with Crippen molar-refractivity contribution in [1.82, 2.24) is 4.90 Å². The lowest BCUT2D eigenvalue weighted by Gasteiger charge is -2.30. The number of carbonyl (C=O) groups is 4. The molecular weight excluding hydrogens is 605 g/mol. The number of imide groups is 1. The minimum Gasteiger partial charge on any atom is -0.419 e. The number of allylic oxidation sites excluding steroid dienone is 2. The van der Waals surface area contributed by atoms with Gasteiger partial charge in [0.1, 0.15) is 0 Å². The SMILES string of the molecule is O=C(CSC1CC(=O)N(CC2CCC(C(=O)/C3=C/CCCCCCCCCC3)CC2)C1=O)Oc1c(F)c(F)c(F)c(F)c1F. The number of carbonyl (C=O) groups excluding carboxylic acids is 4. The average molecular weight is 644 g/mol. The average Bonchev–Trinajstić information content (AvgIpc) is 3.28. The number of Topliss-reactive ketones (excluding diaryl/α,β-unsaturated/α-hetero) is 1. The van der Waals surface area contributed by atoms with Gasteiger partial charge >= 0.3 is 5.97 Å².